The van der Waals surface area contributed by atoms with E-state index in [4.69, 9.17) is 11.5 Å². The van der Waals surface area contributed by atoms with Gasteiger partial charge in [-0.25, -0.2) is 0 Å². The first-order valence-corrected chi connectivity index (χ1v) is 28.6. The van der Waals surface area contributed by atoms with E-state index in [1.165, 1.54) is 167 Å². The highest BCUT2D eigenvalue weighted by Gasteiger charge is 2.34. The van der Waals surface area contributed by atoms with Crippen LogP contribution in [0.15, 0.2) is 60.8 Å². The van der Waals surface area contributed by atoms with Crippen LogP contribution in [0.4, 0.5) is 0 Å². The predicted octanol–water partition coefficient (Wildman–Crippen LogP) is 17.9. The Bertz CT molecular complexity index is 1110. The van der Waals surface area contributed by atoms with Crippen LogP contribution >= 0.6 is 0 Å². The summed E-state index contributed by atoms with van der Waals surface area (Å²) in [6.45, 7) is 8.98. The fourth-order valence-corrected chi connectivity index (χ4v) is 8.95. The third-order valence-electron chi connectivity index (χ3n) is 13.2. The summed E-state index contributed by atoms with van der Waals surface area (Å²) in [5, 5.41) is 0. The molecule has 378 valence electrons. The predicted molar refractivity (Wildman–Crippen MR) is 289 cm³/mol. The number of nitrogens with zero attached hydrogens (tertiary/aromatic N) is 1. The van der Waals surface area contributed by atoms with Gasteiger partial charge >= 0.3 is 0 Å². The van der Waals surface area contributed by atoms with Gasteiger partial charge in [0.25, 0.3) is 0 Å². The van der Waals surface area contributed by atoms with E-state index < -0.39 is 5.92 Å². The molecule has 2 amide bonds. The zero-order valence-electron chi connectivity index (χ0n) is 43.8. The van der Waals surface area contributed by atoms with E-state index >= 15 is 0 Å². The molecule has 5 nitrogen and oxygen atoms in total. The molecule has 0 aromatic heterocycles. The van der Waals surface area contributed by atoms with Crippen molar-refractivity contribution in [1.82, 2.24) is 4.90 Å². The smallest absolute Gasteiger partial charge is 0.226 e. The number of hydrogen-bond donors (Lipinski definition) is 2. The Hall–Kier alpha value is -2.40. The van der Waals surface area contributed by atoms with Gasteiger partial charge in [0.05, 0.1) is 0 Å². The molecule has 65 heavy (non-hydrogen) atoms. The second-order valence-electron chi connectivity index (χ2n) is 19.4. The molecule has 0 saturated heterocycles. The number of carbonyl (C=O) groups is 2. The second-order valence-corrected chi connectivity index (χ2v) is 19.4. The summed E-state index contributed by atoms with van der Waals surface area (Å²) in [4.78, 5) is 29.8. The van der Waals surface area contributed by atoms with Crippen molar-refractivity contribution in [2.24, 2.45) is 23.3 Å². The minimum atomic E-state index is -0.397. The Labute approximate surface area is 406 Å². The van der Waals surface area contributed by atoms with Crippen LogP contribution in [-0.4, -0.2) is 36.3 Å². The maximum atomic E-state index is 14.6. The fraction of sp³-hybridized carbons (Fsp3) is 0.800. The van der Waals surface area contributed by atoms with Gasteiger partial charge in [-0.1, -0.05) is 216 Å². The molecule has 0 aliphatic rings. The lowest BCUT2D eigenvalue weighted by atomic mass is 9.82. The van der Waals surface area contributed by atoms with Crippen molar-refractivity contribution >= 4 is 11.8 Å². The summed E-state index contributed by atoms with van der Waals surface area (Å²) < 4.78 is 0. The molecule has 0 saturated carbocycles. The number of nitrogens with two attached hydrogens (primary N) is 2. The van der Waals surface area contributed by atoms with Crippen LogP contribution in [0.25, 0.3) is 0 Å². The minimum Gasteiger partial charge on any atom is -0.369 e. The molecule has 0 spiro atoms. The molecule has 4 N–H and O–H groups in total. The van der Waals surface area contributed by atoms with Gasteiger partial charge in [-0.3, -0.25) is 9.59 Å². The standard InChI is InChI=1S/C60H111N3O2/c1-4-7-10-13-16-19-22-25-28-30-33-36-39-42-45-50-55-63(56-51-46-43-40-37-34-31-29-26-23-20-17-14-11-8-5-2)60(65)58(53-48-49-54-61)57(59(62)64)52-47-44-41-38-35-32-27-24-21-18-15-12-9-6-3/h16-17,19-20,25-29,32,57-58H,4-15,18,21-24,30-31,33-56,61H2,1-3H3,(H2,62,64)/b19-16-,20-17-,28-25-,29-26-,32-27-/t57?,58-/m0/s1. The monoisotopic (exact) mass is 906 g/mol. The molecule has 5 heteroatoms. The zero-order chi connectivity index (χ0) is 47.4. The van der Waals surface area contributed by atoms with Gasteiger partial charge in [0.2, 0.25) is 11.8 Å². The Balaban J connectivity index is 5.10. The highest BCUT2D eigenvalue weighted by Crippen LogP contribution is 2.28. The largest absolute Gasteiger partial charge is 0.369 e. The van der Waals surface area contributed by atoms with Crippen LogP contribution in [0, 0.1) is 11.8 Å². The van der Waals surface area contributed by atoms with Crippen LogP contribution in [-0.2, 0) is 9.59 Å². The average molecular weight is 907 g/mol. The number of rotatable bonds is 51. The van der Waals surface area contributed by atoms with Gasteiger partial charge in [-0.15, -0.1) is 0 Å². The van der Waals surface area contributed by atoms with Crippen LogP contribution < -0.4 is 11.5 Å². The highest BCUT2D eigenvalue weighted by molar-refractivity contribution is 5.87. The molecule has 0 rings (SSSR count). The molecule has 0 aliphatic heterocycles. The molecule has 0 radical (unpaired) electrons. The van der Waals surface area contributed by atoms with Crippen LogP contribution in [0.5, 0.6) is 0 Å². The van der Waals surface area contributed by atoms with Gasteiger partial charge in [-0.2, -0.15) is 0 Å². The SMILES string of the molecule is CCCCC/C=C\C/C=C\CCCCCCCCN(CCCCCCCC/C=C\C/C=C\CCCCC)C(=O)[C@@H](CCCCN)C(CCCCCC/C=C\CCCCCCCC)C(N)=O. The molecule has 2 atom stereocenters. The Morgan fingerprint density at radius 3 is 1.05 bits per heavy atom. The maximum absolute atomic E-state index is 14.6. The lowest BCUT2D eigenvalue weighted by Crippen LogP contribution is -2.43. The first kappa shape index (κ1) is 62.6. The van der Waals surface area contributed by atoms with Crippen molar-refractivity contribution in [2.75, 3.05) is 19.6 Å². The summed E-state index contributed by atoms with van der Waals surface area (Å²) in [6, 6.07) is 0. The van der Waals surface area contributed by atoms with Crippen molar-refractivity contribution in [3.05, 3.63) is 60.8 Å². The molecule has 0 aromatic carbocycles. The first-order valence-electron chi connectivity index (χ1n) is 28.6. The van der Waals surface area contributed by atoms with Gasteiger partial charge in [0.15, 0.2) is 0 Å². The summed E-state index contributed by atoms with van der Waals surface area (Å²) in [7, 11) is 0. The lowest BCUT2D eigenvalue weighted by Gasteiger charge is -2.31. The number of primary amides is 1. The minimum absolute atomic E-state index is 0.173. The third-order valence-corrected chi connectivity index (χ3v) is 13.2. The molecule has 0 bridgehead atoms. The van der Waals surface area contributed by atoms with E-state index in [0.29, 0.717) is 19.4 Å². The van der Waals surface area contributed by atoms with Crippen LogP contribution in [0.3, 0.4) is 0 Å². The van der Waals surface area contributed by atoms with Gasteiger partial charge in [0, 0.05) is 24.9 Å². The summed E-state index contributed by atoms with van der Waals surface area (Å²) >= 11 is 0. The normalized spacial score (nSPS) is 13.2. The average Bonchev–Trinajstić information content (AvgIpc) is 3.30. The van der Waals surface area contributed by atoms with Gasteiger partial charge in [0.1, 0.15) is 0 Å². The molecule has 0 fully saturated rings. The molecule has 0 heterocycles. The second kappa shape index (κ2) is 52.6. The Morgan fingerprint density at radius 2 is 0.662 bits per heavy atom. The highest BCUT2D eigenvalue weighted by atomic mass is 16.2. The molecule has 1 unspecified atom stereocenters. The molecule has 0 aliphatic carbocycles. The topological polar surface area (TPSA) is 89.4 Å². The van der Waals surface area contributed by atoms with E-state index in [-0.39, 0.29) is 17.7 Å². The van der Waals surface area contributed by atoms with Crippen molar-refractivity contribution < 1.29 is 9.59 Å². The molecule has 0 aromatic rings. The van der Waals surface area contributed by atoms with E-state index in [2.05, 4.69) is 86.4 Å². The summed E-state index contributed by atoms with van der Waals surface area (Å²) in [6.07, 6.45) is 70.5. The van der Waals surface area contributed by atoms with E-state index in [1.807, 2.05) is 0 Å². The number of allylic oxidation sites excluding steroid dienone is 10. The number of carbonyl (C=O) groups excluding carboxylic acids is 2. The van der Waals surface area contributed by atoms with Crippen molar-refractivity contribution in [3.63, 3.8) is 0 Å². The number of unbranched alkanes of at least 4 members (excludes halogenated alkanes) is 29. The van der Waals surface area contributed by atoms with Gasteiger partial charge < -0.3 is 16.4 Å². The van der Waals surface area contributed by atoms with Gasteiger partial charge in [-0.05, 0) is 129 Å². The molecular weight excluding hydrogens is 795 g/mol. The van der Waals surface area contributed by atoms with Crippen molar-refractivity contribution in [1.29, 1.82) is 0 Å². The first-order chi connectivity index (χ1) is 32.0. The Morgan fingerprint density at radius 1 is 0.369 bits per heavy atom. The maximum Gasteiger partial charge on any atom is 0.226 e. The lowest BCUT2D eigenvalue weighted by molar-refractivity contribution is -0.142. The fourth-order valence-electron chi connectivity index (χ4n) is 8.95. The quantitative estimate of drug-likeness (QED) is 0.0471. The molecular formula is C60H111N3O2. The third kappa shape index (κ3) is 43.9. The number of amides is 2. The van der Waals surface area contributed by atoms with E-state index in [0.717, 1.165) is 90.1 Å². The van der Waals surface area contributed by atoms with Crippen LogP contribution in [0.2, 0.25) is 0 Å². The van der Waals surface area contributed by atoms with Crippen molar-refractivity contribution in [3.8, 4) is 0 Å². The summed E-state index contributed by atoms with van der Waals surface area (Å²) in [5.74, 6) is -0.854. The van der Waals surface area contributed by atoms with Crippen LogP contribution in [0.1, 0.15) is 278 Å². The van der Waals surface area contributed by atoms with E-state index in [9.17, 15) is 9.59 Å². The van der Waals surface area contributed by atoms with Crippen molar-refractivity contribution in [2.45, 2.75) is 278 Å². The zero-order valence-corrected chi connectivity index (χ0v) is 43.8. The van der Waals surface area contributed by atoms with E-state index in [1.54, 1.807) is 0 Å². The summed E-state index contributed by atoms with van der Waals surface area (Å²) in [5.41, 5.74) is 12.1. The Kier molecular flexibility index (Phi) is 50.6. The number of hydrogen-bond acceptors (Lipinski definition) is 3.